The molecule has 0 saturated carbocycles. The zero-order valence-corrected chi connectivity index (χ0v) is 21.8. The van der Waals surface area contributed by atoms with Gasteiger partial charge in [-0.2, -0.15) is 0 Å². The first-order valence-electron chi connectivity index (χ1n) is 11.5. The van der Waals surface area contributed by atoms with E-state index in [2.05, 4.69) is 5.32 Å². The number of likely N-dealkylation sites (N-methyl/N-ethyl adjacent to an activating group) is 1. The summed E-state index contributed by atoms with van der Waals surface area (Å²) in [5, 5.41) is 5.03. The highest BCUT2D eigenvalue weighted by atomic mass is 32.1. The number of hydrogen-bond acceptors (Lipinski definition) is 7. The molecule has 2 aromatic carbocycles. The number of ether oxygens (including phenoxy) is 4. The van der Waals surface area contributed by atoms with Gasteiger partial charge in [0.25, 0.3) is 5.91 Å². The fourth-order valence-electron chi connectivity index (χ4n) is 4.62. The van der Waals surface area contributed by atoms with Crippen LogP contribution in [0.25, 0.3) is 0 Å². The Bertz CT molecular complexity index is 1240. The molecule has 1 aromatic heterocycles. The molecule has 1 aliphatic rings. The number of hydrogen-bond donors (Lipinski definition) is 1. The lowest BCUT2D eigenvalue weighted by molar-refractivity contribution is -0.124. The van der Waals surface area contributed by atoms with Crippen molar-refractivity contribution in [3.05, 3.63) is 69.4 Å². The normalized spacial score (nSPS) is 16.8. The highest BCUT2D eigenvalue weighted by Crippen LogP contribution is 2.46. The van der Waals surface area contributed by atoms with Crippen LogP contribution in [0.2, 0.25) is 0 Å². The first kappa shape index (κ1) is 25.4. The quantitative estimate of drug-likeness (QED) is 0.468. The Labute approximate surface area is 214 Å². The molecular formula is C27H30N2O6S. The van der Waals surface area contributed by atoms with Crippen molar-refractivity contribution in [2.45, 2.75) is 18.4 Å². The number of carbonyl (C=O) groups excluding carboxylic acids is 2. The number of thiophene rings is 1. The average Bonchev–Trinajstić information content (AvgIpc) is 3.44. The Hall–Kier alpha value is -3.72. The van der Waals surface area contributed by atoms with Crippen LogP contribution in [0, 0.1) is 0 Å². The van der Waals surface area contributed by atoms with E-state index < -0.39 is 12.0 Å². The SMILES string of the molecule is COc1ccc(CCNC(=O)[C@@H]2c3cc(OC)c(OC)cc3C(=O)N(C)[C@H]2c2cccs2)cc1OC. The van der Waals surface area contributed by atoms with Crippen molar-refractivity contribution in [3.8, 4) is 23.0 Å². The molecule has 36 heavy (non-hydrogen) atoms. The van der Waals surface area contributed by atoms with Crippen molar-refractivity contribution in [2.75, 3.05) is 42.0 Å². The number of carbonyl (C=O) groups is 2. The predicted molar refractivity (Wildman–Crippen MR) is 138 cm³/mol. The summed E-state index contributed by atoms with van der Waals surface area (Å²) in [6.45, 7) is 0.419. The van der Waals surface area contributed by atoms with Crippen LogP contribution in [0.4, 0.5) is 0 Å². The molecule has 9 heteroatoms. The molecule has 4 rings (SSSR count). The number of nitrogens with one attached hydrogen (secondary N) is 1. The van der Waals surface area contributed by atoms with E-state index in [1.165, 1.54) is 25.6 Å². The second-order valence-corrected chi connectivity index (χ2v) is 9.36. The van der Waals surface area contributed by atoms with Crippen molar-refractivity contribution in [2.24, 2.45) is 0 Å². The molecule has 2 heterocycles. The number of nitrogens with zero attached hydrogens (tertiary/aromatic N) is 1. The lowest BCUT2D eigenvalue weighted by Crippen LogP contribution is -2.45. The zero-order valence-electron chi connectivity index (χ0n) is 21.0. The number of rotatable bonds is 9. The van der Waals surface area contributed by atoms with Gasteiger partial charge < -0.3 is 29.2 Å². The third-order valence-electron chi connectivity index (χ3n) is 6.45. The summed E-state index contributed by atoms with van der Waals surface area (Å²) < 4.78 is 21.6. The Morgan fingerprint density at radius 2 is 1.61 bits per heavy atom. The van der Waals surface area contributed by atoms with Crippen LogP contribution in [0.1, 0.15) is 38.3 Å². The molecule has 2 atom stereocenters. The van der Waals surface area contributed by atoms with E-state index in [0.29, 0.717) is 47.1 Å². The third kappa shape index (κ3) is 4.70. The summed E-state index contributed by atoms with van der Waals surface area (Å²) in [5.74, 6) is 1.26. The van der Waals surface area contributed by atoms with Gasteiger partial charge in [-0.3, -0.25) is 9.59 Å². The van der Waals surface area contributed by atoms with Gasteiger partial charge in [0, 0.05) is 24.0 Å². The van der Waals surface area contributed by atoms with Gasteiger partial charge in [-0.15, -0.1) is 11.3 Å². The van der Waals surface area contributed by atoms with E-state index in [0.717, 1.165) is 10.4 Å². The van der Waals surface area contributed by atoms with E-state index in [9.17, 15) is 9.59 Å². The lowest BCUT2D eigenvalue weighted by Gasteiger charge is -2.39. The summed E-state index contributed by atoms with van der Waals surface area (Å²) in [6, 6.07) is 12.5. The molecule has 0 fully saturated rings. The molecule has 0 spiro atoms. The molecule has 1 aliphatic heterocycles. The van der Waals surface area contributed by atoms with Crippen molar-refractivity contribution >= 4 is 23.2 Å². The van der Waals surface area contributed by atoms with Gasteiger partial charge in [-0.05, 0) is 53.3 Å². The second-order valence-electron chi connectivity index (χ2n) is 8.38. The van der Waals surface area contributed by atoms with Crippen LogP contribution >= 0.6 is 11.3 Å². The fourth-order valence-corrected chi connectivity index (χ4v) is 5.53. The maximum atomic E-state index is 13.7. The van der Waals surface area contributed by atoms with Gasteiger partial charge in [0.2, 0.25) is 5.91 Å². The smallest absolute Gasteiger partial charge is 0.254 e. The number of fused-ring (bicyclic) bond motifs is 1. The minimum Gasteiger partial charge on any atom is -0.493 e. The number of methoxy groups -OCH3 is 4. The van der Waals surface area contributed by atoms with Crippen molar-refractivity contribution in [1.82, 2.24) is 10.2 Å². The standard InChI is InChI=1S/C27H30N2O6S/c1-29-25(23-7-6-12-36-23)24(17-14-21(34-4)22(35-5)15-18(17)27(29)31)26(30)28-11-10-16-8-9-19(32-2)20(13-16)33-3/h6-9,12-15,24-25H,10-11H2,1-5H3,(H,28,30)/t24-,25+/m1/s1. The summed E-state index contributed by atoms with van der Waals surface area (Å²) in [5.41, 5.74) is 2.06. The highest BCUT2D eigenvalue weighted by molar-refractivity contribution is 7.10. The Balaban J connectivity index is 1.64. The topological polar surface area (TPSA) is 86.3 Å². The number of amides is 2. The summed E-state index contributed by atoms with van der Waals surface area (Å²) in [7, 11) is 7.98. The van der Waals surface area contributed by atoms with Gasteiger partial charge >= 0.3 is 0 Å². The largest absolute Gasteiger partial charge is 0.493 e. The summed E-state index contributed by atoms with van der Waals surface area (Å²) in [4.78, 5) is 29.6. The zero-order chi connectivity index (χ0) is 25.8. The molecule has 0 bridgehead atoms. The highest BCUT2D eigenvalue weighted by Gasteiger charge is 2.44. The summed E-state index contributed by atoms with van der Waals surface area (Å²) in [6.07, 6.45) is 0.607. The fraction of sp³-hybridized carbons (Fsp3) is 0.333. The van der Waals surface area contributed by atoms with Gasteiger partial charge in [-0.1, -0.05) is 12.1 Å². The van der Waals surface area contributed by atoms with Crippen molar-refractivity contribution in [3.63, 3.8) is 0 Å². The molecule has 2 amide bonds. The van der Waals surface area contributed by atoms with Gasteiger partial charge in [-0.25, -0.2) is 0 Å². The Morgan fingerprint density at radius 3 is 2.25 bits per heavy atom. The minimum absolute atomic E-state index is 0.165. The van der Waals surface area contributed by atoms with Crippen LogP contribution in [0.15, 0.2) is 47.8 Å². The first-order valence-corrected chi connectivity index (χ1v) is 12.4. The molecule has 190 valence electrons. The molecule has 0 aliphatic carbocycles. The third-order valence-corrected chi connectivity index (χ3v) is 7.40. The maximum Gasteiger partial charge on any atom is 0.254 e. The van der Waals surface area contributed by atoms with E-state index in [1.54, 1.807) is 38.3 Å². The predicted octanol–water partition coefficient (Wildman–Crippen LogP) is 4.05. The number of benzene rings is 2. The molecule has 3 aromatic rings. The van der Waals surface area contributed by atoms with Gasteiger partial charge in [0.05, 0.1) is 40.4 Å². The van der Waals surface area contributed by atoms with Crippen LogP contribution in [-0.4, -0.2) is 58.7 Å². The molecule has 0 unspecified atom stereocenters. The van der Waals surface area contributed by atoms with Crippen LogP contribution in [-0.2, 0) is 11.2 Å². The molecule has 8 nitrogen and oxygen atoms in total. The van der Waals surface area contributed by atoms with Gasteiger partial charge in [0.15, 0.2) is 23.0 Å². The maximum absolute atomic E-state index is 13.7. The van der Waals surface area contributed by atoms with Crippen molar-refractivity contribution < 1.29 is 28.5 Å². The van der Waals surface area contributed by atoms with Crippen LogP contribution in [0.5, 0.6) is 23.0 Å². The average molecular weight is 511 g/mol. The first-order chi connectivity index (χ1) is 17.4. The van der Waals surface area contributed by atoms with Crippen LogP contribution < -0.4 is 24.3 Å². The minimum atomic E-state index is -0.619. The van der Waals surface area contributed by atoms with Crippen molar-refractivity contribution in [1.29, 1.82) is 0 Å². The molecular weight excluding hydrogens is 480 g/mol. The second kappa shape index (κ2) is 10.9. The van der Waals surface area contributed by atoms with E-state index in [-0.39, 0.29) is 11.8 Å². The summed E-state index contributed by atoms with van der Waals surface area (Å²) >= 11 is 1.52. The Kier molecular flexibility index (Phi) is 7.69. The monoisotopic (exact) mass is 510 g/mol. The van der Waals surface area contributed by atoms with E-state index in [4.69, 9.17) is 18.9 Å². The molecule has 0 saturated heterocycles. The molecule has 0 radical (unpaired) electrons. The van der Waals surface area contributed by atoms with Gasteiger partial charge in [0.1, 0.15) is 0 Å². The molecule has 1 N–H and O–H groups in total. The van der Waals surface area contributed by atoms with E-state index in [1.807, 2.05) is 35.7 Å². The Morgan fingerprint density at radius 1 is 0.944 bits per heavy atom. The van der Waals surface area contributed by atoms with Crippen LogP contribution in [0.3, 0.4) is 0 Å². The van der Waals surface area contributed by atoms with E-state index >= 15 is 0 Å². The lowest BCUT2D eigenvalue weighted by atomic mass is 9.81.